The molecule has 5 heteroatoms. The van der Waals surface area contributed by atoms with Gasteiger partial charge in [0.05, 0.1) is 6.61 Å². The summed E-state index contributed by atoms with van der Waals surface area (Å²) in [6.07, 6.45) is 3.52. The van der Waals surface area contributed by atoms with Gasteiger partial charge in [0.25, 0.3) is 0 Å². The molecule has 4 nitrogen and oxygen atoms in total. The first-order chi connectivity index (χ1) is 7.49. The molecule has 1 atom stereocenters. The van der Waals surface area contributed by atoms with E-state index in [4.69, 9.17) is 0 Å². The van der Waals surface area contributed by atoms with Crippen molar-refractivity contribution < 1.29 is 49.0 Å². The molecule has 0 aromatic heterocycles. The van der Waals surface area contributed by atoms with Crippen LogP contribution in [0.3, 0.4) is 0 Å². The topological polar surface area (TPSA) is 66.4 Å². The van der Waals surface area contributed by atoms with E-state index in [2.05, 4.69) is 11.7 Å². The number of carboxylic acids is 1. The van der Waals surface area contributed by atoms with Crippen LogP contribution in [0.4, 0.5) is 0 Å². The van der Waals surface area contributed by atoms with Gasteiger partial charge in [0.2, 0.25) is 0 Å². The van der Waals surface area contributed by atoms with Crippen molar-refractivity contribution in [1.29, 1.82) is 0 Å². The molecule has 0 N–H and O–H groups in total. The molecule has 0 aliphatic heterocycles. The Labute approximate surface area is 126 Å². The summed E-state index contributed by atoms with van der Waals surface area (Å²) < 4.78 is 4.40. The maximum Gasteiger partial charge on any atom is 1.00 e. The summed E-state index contributed by atoms with van der Waals surface area (Å²) in [6.45, 7) is 7.60. The van der Waals surface area contributed by atoms with Gasteiger partial charge >= 0.3 is 35.5 Å². The smallest absolute Gasteiger partial charge is 0.550 e. The van der Waals surface area contributed by atoms with E-state index in [1.807, 2.05) is 6.92 Å². The molecule has 0 heterocycles. The molecule has 0 radical (unpaired) electrons. The first kappa shape index (κ1) is 22.1. The van der Waals surface area contributed by atoms with E-state index >= 15 is 0 Å². The summed E-state index contributed by atoms with van der Waals surface area (Å²) >= 11 is 0. The van der Waals surface area contributed by atoms with Gasteiger partial charge in [0.15, 0.2) is 0 Å². The fraction of sp³-hybridized carbons (Fsp3) is 0.833. The molecule has 0 aromatic rings. The Morgan fingerprint density at radius 1 is 1.24 bits per heavy atom. The van der Waals surface area contributed by atoms with Crippen molar-refractivity contribution in [3.05, 3.63) is 0 Å². The molecule has 0 aromatic carbocycles. The molecule has 0 bridgehead atoms. The third-order valence-electron chi connectivity index (χ3n) is 2.08. The first-order valence-electron chi connectivity index (χ1n) is 5.83. The zero-order valence-corrected chi connectivity index (χ0v) is 13.7. The maximum absolute atomic E-state index is 10.3. The van der Waals surface area contributed by atoms with Crippen LogP contribution in [0.2, 0.25) is 0 Å². The van der Waals surface area contributed by atoms with Gasteiger partial charge in [-0.05, 0) is 25.7 Å². The summed E-state index contributed by atoms with van der Waals surface area (Å²) in [5.41, 5.74) is 0. The molecule has 0 spiro atoms. The van der Waals surface area contributed by atoms with Crippen molar-refractivity contribution in [2.75, 3.05) is 6.61 Å². The van der Waals surface area contributed by atoms with E-state index in [1.165, 1.54) is 6.92 Å². The fourth-order valence-corrected chi connectivity index (χ4v) is 1.14. The Kier molecular flexibility index (Phi) is 20.8. The van der Waals surface area contributed by atoms with E-state index in [-0.39, 0.29) is 41.4 Å². The molecule has 17 heavy (non-hydrogen) atoms. The van der Waals surface area contributed by atoms with Crippen molar-refractivity contribution in [1.82, 2.24) is 0 Å². The third kappa shape index (κ3) is 18.5. The molecular weight excluding hydrogens is 231 g/mol. The second-order valence-electron chi connectivity index (χ2n) is 3.49. The monoisotopic (exact) mass is 254 g/mol. The SMILES string of the molecule is CCCCC(CC)C(=O)[O-].CCOC(C)=O.[Na+]. The Bertz CT molecular complexity index is 195. The van der Waals surface area contributed by atoms with Gasteiger partial charge in [-0.25, -0.2) is 0 Å². The normalized spacial score (nSPS) is 10.4. The Hall–Kier alpha value is -0.0600. The minimum absolute atomic E-state index is 0. The zero-order chi connectivity index (χ0) is 13.0. The van der Waals surface area contributed by atoms with E-state index in [1.54, 1.807) is 6.92 Å². The van der Waals surface area contributed by atoms with Crippen molar-refractivity contribution in [2.45, 2.75) is 53.4 Å². The van der Waals surface area contributed by atoms with Crippen molar-refractivity contribution in [3.8, 4) is 0 Å². The number of carbonyl (C=O) groups is 2. The van der Waals surface area contributed by atoms with E-state index in [0.29, 0.717) is 13.0 Å². The molecule has 1 unspecified atom stereocenters. The van der Waals surface area contributed by atoms with Crippen LogP contribution in [0.15, 0.2) is 0 Å². The Morgan fingerprint density at radius 2 is 1.76 bits per heavy atom. The number of hydrogen-bond donors (Lipinski definition) is 0. The van der Waals surface area contributed by atoms with Crippen molar-refractivity contribution >= 4 is 11.9 Å². The Morgan fingerprint density at radius 3 is 1.94 bits per heavy atom. The third-order valence-corrected chi connectivity index (χ3v) is 2.08. The molecular formula is C12H23NaO4. The first-order valence-corrected chi connectivity index (χ1v) is 5.83. The number of hydrogen-bond acceptors (Lipinski definition) is 4. The predicted octanol–water partition coefficient (Wildman–Crippen LogP) is -1.47. The number of aliphatic carboxylic acids is 1. The number of unbranched alkanes of at least 4 members (excludes halogenated alkanes) is 1. The Balaban J connectivity index is -0.000000244. The zero-order valence-electron chi connectivity index (χ0n) is 11.7. The summed E-state index contributed by atoms with van der Waals surface area (Å²) in [7, 11) is 0. The largest absolute Gasteiger partial charge is 1.00 e. The van der Waals surface area contributed by atoms with Gasteiger partial charge < -0.3 is 14.6 Å². The maximum atomic E-state index is 10.3. The number of esters is 1. The van der Waals surface area contributed by atoms with Crippen molar-refractivity contribution in [3.63, 3.8) is 0 Å². The van der Waals surface area contributed by atoms with Gasteiger partial charge in [-0.1, -0.05) is 26.7 Å². The van der Waals surface area contributed by atoms with Crippen LogP contribution in [-0.2, 0) is 14.3 Å². The van der Waals surface area contributed by atoms with E-state index in [9.17, 15) is 14.7 Å². The average Bonchev–Trinajstić information content (AvgIpc) is 2.19. The van der Waals surface area contributed by atoms with Gasteiger partial charge in [-0.2, -0.15) is 0 Å². The number of rotatable bonds is 6. The van der Waals surface area contributed by atoms with E-state index in [0.717, 1.165) is 19.3 Å². The van der Waals surface area contributed by atoms with Crippen LogP contribution >= 0.6 is 0 Å². The van der Waals surface area contributed by atoms with E-state index < -0.39 is 5.97 Å². The molecule has 0 fully saturated rings. The summed E-state index contributed by atoms with van der Waals surface area (Å²) in [5, 5.41) is 10.3. The van der Waals surface area contributed by atoms with Crippen molar-refractivity contribution in [2.24, 2.45) is 5.92 Å². The quantitative estimate of drug-likeness (QED) is 0.428. The van der Waals surface area contributed by atoms with Crippen LogP contribution in [0.1, 0.15) is 53.4 Å². The fourth-order valence-electron chi connectivity index (χ4n) is 1.14. The number of carbonyl (C=O) groups excluding carboxylic acids is 2. The molecule has 96 valence electrons. The summed E-state index contributed by atoms with van der Waals surface area (Å²) in [6, 6.07) is 0. The second kappa shape index (κ2) is 15.9. The molecule has 0 amide bonds. The van der Waals surface area contributed by atoms with Gasteiger partial charge in [-0.15, -0.1) is 0 Å². The van der Waals surface area contributed by atoms with Gasteiger partial charge in [-0.3, -0.25) is 4.79 Å². The van der Waals surface area contributed by atoms with Crippen LogP contribution in [-0.4, -0.2) is 18.5 Å². The standard InChI is InChI=1S/C8H16O2.C4H8O2.Na/c1-3-5-6-7(4-2)8(9)10;1-3-6-4(2)5;/h7H,3-6H2,1-2H3,(H,9,10);3H2,1-2H3;/q;;+1/p-1. The van der Waals surface area contributed by atoms with Crippen LogP contribution in [0.25, 0.3) is 0 Å². The molecule has 0 saturated heterocycles. The predicted molar refractivity (Wildman–Crippen MR) is 60.6 cm³/mol. The number of carboxylic acid groups (broad SMARTS) is 1. The molecule has 0 saturated carbocycles. The van der Waals surface area contributed by atoms with Crippen LogP contribution in [0.5, 0.6) is 0 Å². The van der Waals surface area contributed by atoms with Crippen LogP contribution in [0, 0.1) is 5.92 Å². The summed E-state index contributed by atoms with van der Waals surface area (Å²) in [4.78, 5) is 20.1. The number of ether oxygens (including phenoxy) is 1. The van der Waals surface area contributed by atoms with Crippen LogP contribution < -0.4 is 34.7 Å². The average molecular weight is 254 g/mol. The molecule has 0 aliphatic carbocycles. The molecule has 0 rings (SSSR count). The minimum atomic E-state index is -0.893. The van der Waals surface area contributed by atoms with Gasteiger partial charge in [0, 0.05) is 12.9 Å². The summed E-state index contributed by atoms with van der Waals surface area (Å²) in [5.74, 6) is -1.33. The second-order valence-corrected chi connectivity index (χ2v) is 3.49. The van der Waals surface area contributed by atoms with Gasteiger partial charge in [0.1, 0.15) is 0 Å². The molecule has 0 aliphatic rings. The minimum Gasteiger partial charge on any atom is -0.550 e.